The standard InChI is InChI=1S/C18H29NO/c1-14(16-10-6-4-5-7-11-16)19-15(2)17-12-8-9-13-18(17)20-3/h8-9,12-16,19H,4-7,10-11H2,1-3H3/t14-,15?/m0/s1. The number of hydrogen-bond donors (Lipinski definition) is 1. The van der Waals surface area contributed by atoms with Gasteiger partial charge >= 0.3 is 0 Å². The molecular formula is C18H29NO. The molecule has 2 rings (SSSR count). The molecule has 1 aromatic rings. The molecule has 1 aromatic carbocycles. The lowest BCUT2D eigenvalue weighted by Gasteiger charge is -2.28. The van der Waals surface area contributed by atoms with E-state index in [1.807, 2.05) is 12.1 Å². The average Bonchev–Trinajstić information content (AvgIpc) is 2.76. The van der Waals surface area contributed by atoms with E-state index in [0.29, 0.717) is 12.1 Å². The van der Waals surface area contributed by atoms with E-state index in [-0.39, 0.29) is 0 Å². The van der Waals surface area contributed by atoms with Crippen molar-refractivity contribution >= 4 is 0 Å². The molecule has 1 unspecified atom stereocenters. The predicted octanol–water partition coefficient (Wildman–Crippen LogP) is 4.70. The molecule has 1 N–H and O–H groups in total. The van der Waals surface area contributed by atoms with Crippen molar-refractivity contribution in [3.05, 3.63) is 29.8 Å². The van der Waals surface area contributed by atoms with Crippen molar-refractivity contribution in [1.82, 2.24) is 5.32 Å². The fourth-order valence-electron chi connectivity index (χ4n) is 3.46. The van der Waals surface area contributed by atoms with Gasteiger partial charge in [0.1, 0.15) is 5.75 Å². The third kappa shape index (κ3) is 3.99. The number of nitrogens with one attached hydrogen (secondary N) is 1. The second-order valence-corrected chi connectivity index (χ2v) is 6.17. The van der Waals surface area contributed by atoms with Gasteiger partial charge in [-0.1, -0.05) is 43.9 Å². The summed E-state index contributed by atoms with van der Waals surface area (Å²) in [6.07, 6.45) is 8.41. The van der Waals surface area contributed by atoms with Gasteiger partial charge in [0.2, 0.25) is 0 Å². The van der Waals surface area contributed by atoms with Crippen LogP contribution in [0.2, 0.25) is 0 Å². The number of methoxy groups -OCH3 is 1. The molecule has 0 aliphatic heterocycles. The third-order valence-corrected chi connectivity index (χ3v) is 4.73. The number of rotatable bonds is 5. The van der Waals surface area contributed by atoms with Gasteiger partial charge in [-0.25, -0.2) is 0 Å². The van der Waals surface area contributed by atoms with Gasteiger partial charge in [-0.3, -0.25) is 0 Å². The molecule has 0 amide bonds. The summed E-state index contributed by atoms with van der Waals surface area (Å²) in [5.74, 6) is 1.82. The second-order valence-electron chi connectivity index (χ2n) is 6.17. The quantitative estimate of drug-likeness (QED) is 0.786. The van der Waals surface area contributed by atoms with E-state index in [0.717, 1.165) is 11.7 Å². The maximum absolute atomic E-state index is 5.47. The summed E-state index contributed by atoms with van der Waals surface area (Å²) in [4.78, 5) is 0. The van der Waals surface area contributed by atoms with E-state index < -0.39 is 0 Å². The van der Waals surface area contributed by atoms with E-state index in [4.69, 9.17) is 4.74 Å². The minimum absolute atomic E-state index is 0.337. The highest BCUT2D eigenvalue weighted by atomic mass is 16.5. The van der Waals surface area contributed by atoms with Crippen LogP contribution in [0.1, 0.15) is 64.0 Å². The van der Waals surface area contributed by atoms with E-state index in [9.17, 15) is 0 Å². The molecule has 0 heterocycles. The SMILES string of the molecule is COc1ccccc1C(C)N[C@@H](C)C1CCCCCC1. The highest BCUT2D eigenvalue weighted by molar-refractivity contribution is 5.35. The van der Waals surface area contributed by atoms with Crippen LogP contribution in [0.15, 0.2) is 24.3 Å². The number of para-hydroxylation sites is 1. The molecule has 0 radical (unpaired) electrons. The molecule has 1 aliphatic carbocycles. The van der Waals surface area contributed by atoms with Crippen LogP contribution in [-0.4, -0.2) is 13.2 Å². The Morgan fingerprint density at radius 2 is 1.70 bits per heavy atom. The van der Waals surface area contributed by atoms with Crippen LogP contribution in [0, 0.1) is 5.92 Å². The van der Waals surface area contributed by atoms with Gasteiger partial charge in [-0.15, -0.1) is 0 Å². The first-order chi connectivity index (χ1) is 9.72. The fourth-order valence-corrected chi connectivity index (χ4v) is 3.46. The molecule has 1 aliphatic rings. The van der Waals surface area contributed by atoms with Crippen LogP contribution >= 0.6 is 0 Å². The summed E-state index contributed by atoms with van der Waals surface area (Å²) < 4.78 is 5.47. The van der Waals surface area contributed by atoms with E-state index in [2.05, 4.69) is 31.3 Å². The van der Waals surface area contributed by atoms with Crippen LogP contribution in [0.4, 0.5) is 0 Å². The maximum atomic E-state index is 5.47. The first-order valence-corrected chi connectivity index (χ1v) is 8.11. The summed E-state index contributed by atoms with van der Waals surface area (Å²) in [7, 11) is 1.75. The molecule has 0 spiro atoms. The van der Waals surface area contributed by atoms with Crippen molar-refractivity contribution < 1.29 is 4.74 Å². The third-order valence-electron chi connectivity index (χ3n) is 4.73. The lowest BCUT2D eigenvalue weighted by atomic mass is 9.92. The van der Waals surface area contributed by atoms with Crippen molar-refractivity contribution in [2.24, 2.45) is 5.92 Å². The number of hydrogen-bond acceptors (Lipinski definition) is 2. The zero-order valence-electron chi connectivity index (χ0n) is 13.2. The van der Waals surface area contributed by atoms with Gasteiger partial charge in [-0.05, 0) is 38.7 Å². The Bertz CT molecular complexity index is 396. The summed E-state index contributed by atoms with van der Waals surface area (Å²) in [6, 6.07) is 9.24. The lowest BCUT2D eigenvalue weighted by Crippen LogP contribution is -2.35. The highest BCUT2D eigenvalue weighted by Gasteiger charge is 2.21. The molecule has 0 saturated heterocycles. The molecule has 2 heteroatoms. The minimum Gasteiger partial charge on any atom is -0.496 e. The van der Waals surface area contributed by atoms with Gasteiger partial charge in [-0.2, -0.15) is 0 Å². The molecule has 1 fully saturated rings. The van der Waals surface area contributed by atoms with Crippen molar-refractivity contribution in [2.45, 2.75) is 64.5 Å². The molecule has 20 heavy (non-hydrogen) atoms. The monoisotopic (exact) mass is 275 g/mol. The molecule has 1 saturated carbocycles. The molecular weight excluding hydrogens is 246 g/mol. The smallest absolute Gasteiger partial charge is 0.123 e. The van der Waals surface area contributed by atoms with Gasteiger partial charge in [0.25, 0.3) is 0 Å². The molecule has 112 valence electrons. The molecule has 0 bridgehead atoms. The van der Waals surface area contributed by atoms with Crippen LogP contribution in [0.5, 0.6) is 5.75 Å². The van der Waals surface area contributed by atoms with Crippen LogP contribution in [0.3, 0.4) is 0 Å². The number of ether oxygens (including phenoxy) is 1. The van der Waals surface area contributed by atoms with Crippen LogP contribution in [-0.2, 0) is 0 Å². The van der Waals surface area contributed by atoms with E-state index in [1.165, 1.54) is 44.1 Å². The summed E-state index contributed by atoms with van der Waals surface area (Å²) in [5, 5.41) is 3.79. The summed E-state index contributed by atoms with van der Waals surface area (Å²) in [5.41, 5.74) is 1.26. The minimum atomic E-state index is 0.337. The first-order valence-electron chi connectivity index (χ1n) is 8.11. The van der Waals surface area contributed by atoms with Gasteiger partial charge in [0.15, 0.2) is 0 Å². The topological polar surface area (TPSA) is 21.3 Å². The zero-order chi connectivity index (χ0) is 14.4. The second kappa shape index (κ2) is 7.68. The van der Waals surface area contributed by atoms with Crippen LogP contribution < -0.4 is 10.1 Å². The zero-order valence-corrected chi connectivity index (χ0v) is 13.2. The van der Waals surface area contributed by atoms with Crippen molar-refractivity contribution in [3.8, 4) is 5.75 Å². The number of benzene rings is 1. The van der Waals surface area contributed by atoms with E-state index >= 15 is 0 Å². The van der Waals surface area contributed by atoms with Gasteiger partial charge in [0, 0.05) is 17.6 Å². The largest absolute Gasteiger partial charge is 0.496 e. The highest BCUT2D eigenvalue weighted by Crippen LogP contribution is 2.29. The average molecular weight is 275 g/mol. The first kappa shape index (κ1) is 15.4. The van der Waals surface area contributed by atoms with Crippen molar-refractivity contribution in [3.63, 3.8) is 0 Å². The van der Waals surface area contributed by atoms with Crippen LogP contribution in [0.25, 0.3) is 0 Å². The van der Waals surface area contributed by atoms with Crippen molar-refractivity contribution in [1.29, 1.82) is 0 Å². The Morgan fingerprint density at radius 1 is 1.05 bits per heavy atom. The van der Waals surface area contributed by atoms with E-state index in [1.54, 1.807) is 7.11 Å². The molecule has 2 atom stereocenters. The maximum Gasteiger partial charge on any atom is 0.123 e. The molecule has 0 aromatic heterocycles. The Morgan fingerprint density at radius 3 is 2.35 bits per heavy atom. The fraction of sp³-hybridized carbons (Fsp3) is 0.667. The van der Waals surface area contributed by atoms with Gasteiger partial charge in [0.05, 0.1) is 7.11 Å². The summed E-state index contributed by atoms with van der Waals surface area (Å²) in [6.45, 7) is 4.59. The normalized spacial score (nSPS) is 20.1. The predicted molar refractivity (Wildman–Crippen MR) is 85.2 cm³/mol. The Labute approximate surface area is 123 Å². The lowest BCUT2D eigenvalue weighted by molar-refractivity contribution is 0.312. The van der Waals surface area contributed by atoms with Crippen molar-refractivity contribution in [2.75, 3.05) is 7.11 Å². The Balaban J connectivity index is 1.97. The van der Waals surface area contributed by atoms with Gasteiger partial charge < -0.3 is 10.1 Å². The summed E-state index contributed by atoms with van der Waals surface area (Å²) >= 11 is 0. The molecule has 2 nitrogen and oxygen atoms in total. The Hall–Kier alpha value is -1.02. The Kier molecular flexibility index (Phi) is 5.90.